The van der Waals surface area contributed by atoms with E-state index in [2.05, 4.69) is 11.9 Å². The first kappa shape index (κ1) is 18.2. The highest BCUT2D eigenvalue weighted by atomic mass is 16.6. The topological polar surface area (TPSA) is 49.8 Å². The fraction of sp³-hybridized carbons (Fsp3) is 0.435. The summed E-state index contributed by atoms with van der Waals surface area (Å²) in [6, 6.07) is 15.6. The van der Waals surface area contributed by atoms with Crippen LogP contribution in [0.15, 0.2) is 48.5 Å². The summed E-state index contributed by atoms with van der Waals surface area (Å²) in [5.74, 6) is -0.566. The minimum absolute atomic E-state index is 0.225. The van der Waals surface area contributed by atoms with Crippen molar-refractivity contribution in [3.63, 3.8) is 0 Å². The van der Waals surface area contributed by atoms with Gasteiger partial charge in [-0.25, -0.2) is 4.79 Å². The molecule has 0 amide bonds. The molecule has 1 fully saturated rings. The normalized spacial score (nSPS) is 21.6. The number of carbonyl (C=O) groups excluding carboxylic acids is 1. The van der Waals surface area contributed by atoms with Gasteiger partial charge in [0.1, 0.15) is 6.61 Å². The number of rotatable bonds is 3. The minimum atomic E-state index is -1.75. The van der Waals surface area contributed by atoms with Gasteiger partial charge in [-0.1, -0.05) is 55.0 Å². The lowest BCUT2D eigenvalue weighted by molar-refractivity contribution is -0.164. The molecule has 4 rings (SSSR count). The average molecular weight is 365 g/mol. The molecule has 2 aromatic rings. The molecule has 0 radical (unpaired) electrons. The van der Waals surface area contributed by atoms with Crippen molar-refractivity contribution in [1.82, 2.24) is 4.90 Å². The van der Waals surface area contributed by atoms with E-state index in [0.717, 1.165) is 43.4 Å². The number of hydrogen-bond donors (Lipinski definition) is 1. The van der Waals surface area contributed by atoms with Gasteiger partial charge in [-0.15, -0.1) is 0 Å². The molecular weight excluding hydrogens is 338 g/mol. The maximum atomic E-state index is 13.3. The summed E-state index contributed by atoms with van der Waals surface area (Å²) < 4.78 is 5.73. The summed E-state index contributed by atoms with van der Waals surface area (Å²) in [6.45, 7) is 1.35. The number of aryl methyl sites for hydroxylation is 2. The van der Waals surface area contributed by atoms with Gasteiger partial charge < -0.3 is 14.7 Å². The predicted octanol–water partition coefficient (Wildman–Crippen LogP) is 3.05. The third-order valence-corrected chi connectivity index (χ3v) is 6.10. The van der Waals surface area contributed by atoms with Gasteiger partial charge in [0.25, 0.3) is 0 Å². The predicted molar refractivity (Wildman–Crippen MR) is 105 cm³/mol. The van der Waals surface area contributed by atoms with E-state index in [0.29, 0.717) is 17.7 Å². The van der Waals surface area contributed by atoms with Gasteiger partial charge in [0, 0.05) is 17.2 Å². The summed E-state index contributed by atoms with van der Waals surface area (Å²) in [6.07, 6.45) is 4.96. The largest absolute Gasteiger partial charge is 0.461 e. The number of likely N-dealkylation sites (N-methyl/N-ethyl adjacent to an activating group) is 1. The number of hydrogen-bond acceptors (Lipinski definition) is 4. The van der Waals surface area contributed by atoms with Crippen LogP contribution in [0.4, 0.5) is 0 Å². The highest BCUT2D eigenvalue weighted by Crippen LogP contribution is 2.38. The Kier molecular flexibility index (Phi) is 5.02. The van der Waals surface area contributed by atoms with E-state index in [4.69, 9.17) is 4.74 Å². The van der Waals surface area contributed by atoms with Crippen LogP contribution < -0.4 is 0 Å². The highest BCUT2D eigenvalue weighted by Gasteiger charge is 2.45. The second-order valence-corrected chi connectivity index (χ2v) is 7.75. The SMILES string of the molecule is CN1CCCC[C@@H]1COC(=O)C1(O)c2ccccc2CCc2ccccc21. The lowest BCUT2D eigenvalue weighted by Crippen LogP contribution is -2.44. The van der Waals surface area contributed by atoms with Gasteiger partial charge in [0.15, 0.2) is 0 Å². The zero-order valence-electron chi connectivity index (χ0n) is 15.9. The molecule has 0 unspecified atom stereocenters. The van der Waals surface area contributed by atoms with Gasteiger partial charge in [0.2, 0.25) is 5.60 Å². The van der Waals surface area contributed by atoms with E-state index in [1.54, 1.807) is 0 Å². The van der Waals surface area contributed by atoms with E-state index in [9.17, 15) is 9.90 Å². The number of likely N-dealkylation sites (tertiary alicyclic amines) is 1. The van der Waals surface area contributed by atoms with Crippen LogP contribution in [0.5, 0.6) is 0 Å². The van der Waals surface area contributed by atoms with Gasteiger partial charge in [-0.05, 0) is 50.4 Å². The number of carbonyl (C=O) groups is 1. The van der Waals surface area contributed by atoms with Crippen LogP contribution in [0.2, 0.25) is 0 Å². The lowest BCUT2D eigenvalue weighted by Gasteiger charge is -2.34. The number of esters is 1. The molecule has 1 atom stereocenters. The third-order valence-electron chi connectivity index (χ3n) is 6.10. The number of benzene rings is 2. The van der Waals surface area contributed by atoms with Crippen LogP contribution in [0.3, 0.4) is 0 Å². The number of fused-ring (bicyclic) bond motifs is 2. The summed E-state index contributed by atoms with van der Waals surface area (Å²) >= 11 is 0. The molecule has 1 N–H and O–H groups in total. The van der Waals surface area contributed by atoms with Crippen LogP contribution >= 0.6 is 0 Å². The molecule has 0 spiro atoms. The van der Waals surface area contributed by atoms with Gasteiger partial charge in [0.05, 0.1) is 0 Å². The number of ether oxygens (including phenoxy) is 1. The summed E-state index contributed by atoms with van der Waals surface area (Å²) in [5.41, 5.74) is 1.55. The van der Waals surface area contributed by atoms with Gasteiger partial charge >= 0.3 is 5.97 Å². The third kappa shape index (κ3) is 3.28. The summed E-state index contributed by atoms with van der Waals surface area (Å²) in [5, 5.41) is 11.7. The Morgan fingerprint density at radius 1 is 1.07 bits per heavy atom. The molecule has 2 aliphatic rings. The van der Waals surface area contributed by atoms with Crippen LogP contribution in [0, 0.1) is 0 Å². The molecule has 2 aromatic carbocycles. The van der Waals surface area contributed by atoms with Crippen molar-refractivity contribution in [1.29, 1.82) is 0 Å². The molecule has 142 valence electrons. The molecule has 4 nitrogen and oxygen atoms in total. The number of nitrogens with zero attached hydrogens (tertiary/aromatic N) is 1. The quantitative estimate of drug-likeness (QED) is 0.850. The Hall–Kier alpha value is -2.17. The molecule has 0 saturated carbocycles. The first-order chi connectivity index (χ1) is 13.1. The van der Waals surface area contributed by atoms with E-state index >= 15 is 0 Å². The van der Waals surface area contributed by atoms with Crippen molar-refractivity contribution in [2.24, 2.45) is 0 Å². The Morgan fingerprint density at radius 2 is 1.67 bits per heavy atom. The Labute approximate surface area is 160 Å². The van der Waals surface area contributed by atoms with E-state index < -0.39 is 11.6 Å². The van der Waals surface area contributed by atoms with Crippen molar-refractivity contribution in [2.75, 3.05) is 20.2 Å². The second-order valence-electron chi connectivity index (χ2n) is 7.75. The monoisotopic (exact) mass is 365 g/mol. The summed E-state index contributed by atoms with van der Waals surface area (Å²) in [7, 11) is 2.07. The zero-order chi connectivity index (χ0) is 18.9. The first-order valence-corrected chi connectivity index (χ1v) is 9.87. The van der Waals surface area contributed by atoms with E-state index in [1.165, 1.54) is 6.42 Å². The maximum absolute atomic E-state index is 13.3. The van der Waals surface area contributed by atoms with Crippen LogP contribution in [0.1, 0.15) is 41.5 Å². The van der Waals surface area contributed by atoms with E-state index in [1.807, 2.05) is 48.5 Å². The van der Waals surface area contributed by atoms with Crippen molar-refractivity contribution in [3.05, 3.63) is 70.8 Å². The molecule has 1 aliphatic heterocycles. The molecule has 27 heavy (non-hydrogen) atoms. The zero-order valence-corrected chi connectivity index (χ0v) is 15.9. The van der Waals surface area contributed by atoms with Crippen LogP contribution in [0.25, 0.3) is 0 Å². The molecular formula is C23H27NO3. The van der Waals surface area contributed by atoms with Crippen molar-refractivity contribution in [3.8, 4) is 0 Å². The smallest absolute Gasteiger partial charge is 0.347 e. The van der Waals surface area contributed by atoms with Crippen molar-refractivity contribution >= 4 is 5.97 Å². The number of piperidine rings is 1. The summed E-state index contributed by atoms with van der Waals surface area (Å²) in [4.78, 5) is 15.5. The van der Waals surface area contributed by atoms with Gasteiger partial charge in [-0.2, -0.15) is 0 Å². The molecule has 1 saturated heterocycles. The van der Waals surface area contributed by atoms with Crippen molar-refractivity contribution in [2.45, 2.75) is 43.7 Å². The Bertz CT molecular complexity index is 784. The molecule has 4 heteroatoms. The fourth-order valence-electron chi connectivity index (χ4n) is 4.45. The van der Waals surface area contributed by atoms with Gasteiger partial charge in [-0.3, -0.25) is 0 Å². The van der Waals surface area contributed by atoms with Crippen LogP contribution in [-0.2, 0) is 28.0 Å². The minimum Gasteiger partial charge on any atom is -0.461 e. The molecule has 0 bridgehead atoms. The first-order valence-electron chi connectivity index (χ1n) is 9.87. The lowest BCUT2D eigenvalue weighted by atomic mass is 9.83. The Morgan fingerprint density at radius 3 is 2.26 bits per heavy atom. The molecule has 0 aromatic heterocycles. The number of aliphatic hydroxyl groups is 1. The maximum Gasteiger partial charge on any atom is 0.347 e. The fourth-order valence-corrected chi connectivity index (χ4v) is 4.45. The highest BCUT2D eigenvalue weighted by molar-refractivity contribution is 5.86. The second kappa shape index (κ2) is 7.45. The standard InChI is InChI=1S/C23H27NO3/c1-24-15-7-6-10-19(24)16-27-22(25)23(26)20-11-4-2-8-17(20)13-14-18-9-3-5-12-21(18)23/h2-5,8-9,11-12,19,26H,6-7,10,13-16H2,1H3/t19-/m1/s1. The molecule has 1 heterocycles. The van der Waals surface area contributed by atoms with Crippen molar-refractivity contribution < 1.29 is 14.6 Å². The van der Waals surface area contributed by atoms with E-state index in [-0.39, 0.29) is 6.04 Å². The van der Waals surface area contributed by atoms with Crippen LogP contribution in [-0.4, -0.2) is 42.2 Å². The average Bonchev–Trinajstić information content (AvgIpc) is 2.83. The molecule has 1 aliphatic carbocycles. The Balaban J connectivity index is 1.68.